The number of rotatable bonds is 2. The minimum absolute atomic E-state index is 0.0919. The second-order valence-corrected chi connectivity index (χ2v) is 8.40. The SMILES string of the molecule is CC(C)C1C(=O)N2CCCC2C(=O)N1C1CCS(=O)CC1. The zero-order valence-electron chi connectivity index (χ0n) is 12.8. The van der Waals surface area contributed by atoms with Crippen LogP contribution in [-0.4, -0.2) is 62.0 Å². The topological polar surface area (TPSA) is 57.7 Å². The van der Waals surface area contributed by atoms with Crippen molar-refractivity contribution in [3.05, 3.63) is 0 Å². The number of piperazine rings is 1. The highest BCUT2D eigenvalue weighted by Crippen LogP contribution is 2.33. The molecule has 2 unspecified atom stereocenters. The Balaban J connectivity index is 1.89. The van der Waals surface area contributed by atoms with Gasteiger partial charge in [0.25, 0.3) is 0 Å². The first-order valence-corrected chi connectivity index (χ1v) is 9.47. The summed E-state index contributed by atoms with van der Waals surface area (Å²) in [4.78, 5) is 29.4. The van der Waals surface area contributed by atoms with Crippen LogP contribution in [0.3, 0.4) is 0 Å². The molecule has 2 atom stereocenters. The predicted octanol–water partition coefficient (Wildman–Crippen LogP) is 0.755. The molecule has 0 aromatic rings. The average Bonchev–Trinajstić information content (AvgIpc) is 2.93. The Morgan fingerprint density at radius 3 is 2.38 bits per heavy atom. The fraction of sp³-hybridized carbons (Fsp3) is 0.867. The van der Waals surface area contributed by atoms with E-state index in [-0.39, 0.29) is 35.9 Å². The predicted molar refractivity (Wildman–Crippen MR) is 81.1 cm³/mol. The van der Waals surface area contributed by atoms with Crippen LogP contribution in [0.4, 0.5) is 0 Å². The van der Waals surface area contributed by atoms with Crippen molar-refractivity contribution in [2.45, 2.75) is 57.7 Å². The van der Waals surface area contributed by atoms with Crippen LogP contribution in [0.25, 0.3) is 0 Å². The molecule has 118 valence electrons. The van der Waals surface area contributed by atoms with E-state index < -0.39 is 10.8 Å². The summed E-state index contributed by atoms with van der Waals surface area (Å²) in [7, 11) is -0.746. The van der Waals surface area contributed by atoms with Gasteiger partial charge in [-0.1, -0.05) is 13.8 Å². The van der Waals surface area contributed by atoms with Gasteiger partial charge in [-0.2, -0.15) is 0 Å². The molecule has 3 rings (SSSR count). The van der Waals surface area contributed by atoms with Gasteiger partial charge in [-0.05, 0) is 31.6 Å². The van der Waals surface area contributed by atoms with Gasteiger partial charge in [0.2, 0.25) is 11.8 Å². The van der Waals surface area contributed by atoms with E-state index in [4.69, 9.17) is 0 Å². The Hall–Kier alpha value is -0.910. The Labute approximate surface area is 128 Å². The minimum atomic E-state index is -0.746. The highest BCUT2D eigenvalue weighted by Gasteiger charge is 2.50. The maximum Gasteiger partial charge on any atom is 0.246 e. The first kappa shape index (κ1) is 15.0. The van der Waals surface area contributed by atoms with Crippen LogP contribution in [0.2, 0.25) is 0 Å². The Morgan fingerprint density at radius 1 is 1.10 bits per heavy atom. The standard InChI is InChI=1S/C15H24N2O3S/c1-10(2)13-15(19)16-7-3-4-12(16)14(18)17(13)11-5-8-21(20)9-6-11/h10-13H,3-9H2,1-2H3. The van der Waals surface area contributed by atoms with E-state index in [0.717, 1.165) is 32.2 Å². The van der Waals surface area contributed by atoms with Crippen LogP contribution in [0, 0.1) is 5.92 Å². The van der Waals surface area contributed by atoms with Crippen molar-refractivity contribution >= 4 is 22.6 Å². The summed E-state index contributed by atoms with van der Waals surface area (Å²) in [6, 6.07) is -0.474. The van der Waals surface area contributed by atoms with E-state index in [1.165, 1.54) is 0 Å². The molecular weight excluding hydrogens is 288 g/mol. The number of fused-ring (bicyclic) bond motifs is 1. The average molecular weight is 312 g/mol. The number of hydrogen-bond acceptors (Lipinski definition) is 3. The maximum absolute atomic E-state index is 12.9. The van der Waals surface area contributed by atoms with E-state index in [0.29, 0.717) is 11.5 Å². The smallest absolute Gasteiger partial charge is 0.246 e. The van der Waals surface area contributed by atoms with Gasteiger partial charge < -0.3 is 9.80 Å². The van der Waals surface area contributed by atoms with Crippen molar-refractivity contribution in [1.82, 2.24) is 9.80 Å². The molecule has 0 saturated carbocycles. The minimum Gasteiger partial charge on any atom is -0.329 e. The molecule has 3 aliphatic heterocycles. The third-order valence-corrected chi connectivity index (χ3v) is 6.39. The molecule has 3 aliphatic rings. The third-order valence-electron chi connectivity index (χ3n) is 5.01. The van der Waals surface area contributed by atoms with Crippen LogP contribution >= 0.6 is 0 Å². The lowest BCUT2D eigenvalue weighted by molar-refractivity contribution is -0.164. The second kappa shape index (κ2) is 5.71. The van der Waals surface area contributed by atoms with E-state index in [1.807, 2.05) is 18.7 Å². The van der Waals surface area contributed by atoms with Gasteiger partial charge in [-0.3, -0.25) is 13.8 Å². The molecule has 0 aromatic heterocycles. The maximum atomic E-state index is 12.9. The molecule has 5 nitrogen and oxygen atoms in total. The molecule has 0 aliphatic carbocycles. The lowest BCUT2D eigenvalue weighted by Gasteiger charge is -2.48. The summed E-state index contributed by atoms with van der Waals surface area (Å²) in [6.07, 6.45) is 3.25. The fourth-order valence-electron chi connectivity index (χ4n) is 3.96. The van der Waals surface area contributed by atoms with Crippen LogP contribution in [0.1, 0.15) is 39.5 Å². The third kappa shape index (κ3) is 2.51. The monoisotopic (exact) mass is 312 g/mol. The fourth-order valence-corrected chi connectivity index (χ4v) is 5.23. The van der Waals surface area contributed by atoms with Crippen LogP contribution in [0.15, 0.2) is 0 Å². The Kier molecular flexibility index (Phi) is 4.08. The highest BCUT2D eigenvalue weighted by atomic mass is 32.2. The van der Waals surface area contributed by atoms with Crippen molar-refractivity contribution in [3.8, 4) is 0 Å². The zero-order chi connectivity index (χ0) is 15.1. The summed E-state index contributed by atoms with van der Waals surface area (Å²) in [6.45, 7) is 4.75. The van der Waals surface area contributed by atoms with Crippen molar-refractivity contribution in [3.63, 3.8) is 0 Å². The number of hydrogen-bond donors (Lipinski definition) is 0. The van der Waals surface area contributed by atoms with Crippen molar-refractivity contribution < 1.29 is 13.8 Å². The first-order chi connectivity index (χ1) is 10.0. The molecule has 21 heavy (non-hydrogen) atoms. The van der Waals surface area contributed by atoms with Crippen molar-refractivity contribution in [2.24, 2.45) is 5.92 Å². The molecule has 0 N–H and O–H groups in total. The molecule has 0 aromatic carbocycles. The highest BCUT2D eigenvalue weighted by molar-refractivity contribution is 7.85. The van der Waals surface area contributed by atoms with Gasteiger partial charge in [-0.15, -0.1) is 0 Å². The molecule has 3 saturated heterocycles. The zero-order valence-corrected chi connectivity index (χ0v) is 13.6. The molecule has 0 bridgehead atoms. The summed E-state index contributed by atoms with van der Waals surface area (Å²) < 4.78 is 11.6. The van der Waals surface area contributed by atoms with Crippen molar-refractivity contribution in [1.29, 1.82) is 0 Å². The molecule has 2 amide bonds. The summed E-state index contributed by atoms with van der Waals surface area (Å²) in [5, 5.41) is 0. The second-order valence-electron chi connectivity index (χ2n) is 6.70. The van der Waals surface area contributed by atoms with Gasteiger partial charge in [0.15, 0.2) is 0 Å². The van der Waals surface area contributed by atoms with E-state index in [9.17, 15) is 13.8 Å². The van der Waals surface area contributed by atoms with Crippen LogP contribution in [0.5, 0.6) is 0 Å². The molecule has 0 radical (unpaired) electrons. The van der Waals surface area contributed by atoms with Crippen LogP contribution < -0.4 is 0 Å². The van der Waals surface area contributed by atoms with Gasteiger partial charge in [0.1, 0.15) is 12.1 Å². The summed E-state index contributed by atoms with van der Waals surface area (Å²) >= 11 is 0. The van der Waals surface area contributed by atoms with Gasteiger partial charge in [0.05, 0.1) is 0 Å². The quantitative estimate of drug-likeness (QED) is 0.756. The van der Waals surface area contributed by atoms with Crippen molar-refractivity contribution in [2.75, 3.05) is 18.1 Å². The number of carbonyl (C=O) groups is 2. The van der Waals surface area contributed by atoms with Gasteiger partial charge in [0, 0.05) is 34.9 Å². The Morgan fingerprint density at radius 2 is 1.76 bits per heavy atom. The normalized spacial score (nSPS) is 37.3. The number of carbonyl (C=O) groups excluding carboxylic acids is 2. The van der Waals surface area contributed by atoms with Gasteiger partial charge in [-0.25, -0.2) is 0 Å². The molecule has 0 spiro atoms. The number of amides is 2. The summed E-state index contributed by atoms with van der Waals surface area (Å²) in [5.41, 5.74) is 0. The van der Waals surface area contributed by atoms with E-state index >= 15 is 0 Å². The molecule has 3 fully saturated rings. The lowest BCUT2D eigenvalue weighted by Crippen LogP contribution is -2.67. The largest absolute Gasteiger partial charge is 0.329 e. The Bertz CT molecular complexity index is 470. The van der Waals surface area contributed by atoms with E-state index in [1.54, 1.807) is 4.90 Å². The molecule has 6 heteroatoms. The molecule has 3 heterocycles. The van der Waals surface area contributed by atoms with E-state index in [2.05, 4.69) is 0 Å². The first-order valence-electron chi connectivity index (χ1n) is 7.98. The van der Waals surface area contributed by atoms with Crippen LogP contribution in [-0.2, 0) is 20.4 Å². The lowest BCUT2D eigenvalue weighted by atomic mass is 9.92. The molecular formula is C15H24N2O3S. The van der Waals surface area contributed by atoms with Gasteiger partial charge >= 0.3 is 0 Å². The number of nitrogens with zero attached hydrogens (tertiary/aromatic N) is 2. The summed E-state index contributed by atoms with van der Waals surface area (Å²) in [5.74, 6) is 1.68.